The molecule has 1 atom stereocenters. The van der Waals surface area contributed by atoms with Crippen molar-refractivity contribution in [1.82, 2.24) is 0 Å². The lowest BCUT2D eigenvalue weighted by atomic mass is 10.2. The second-order valence-electron chi connectivity index (χ2n) is 5.87. The molecule has 3 N–H and O–H groups in total. The average Bonchev–Trinajstić information content (AvgIpc) is 2.54. The maximum Gasteiger partial charge on any atom is 0.203 e. The molecule has 0 amide bonds. The zero-order valence-electron chi connectivity index (χ0n) is 13.7. The first kappa shape index (κ1) is 16.9. The van der Waals surface area contributed by atoms with E-state index < -0.39 is 6.10 Å². The summed E-state index contributed by atoms with van der Waals surface area (Å²) in [6, 6.07) is 5.48. The van der Waals surface area contributed by atoms with E-state index in [9.17, 15) is 5.11 Å². The standard InChI is InChI=1S/C16H26N2O4/c1-17-7-9-18(10-8-17)11-13(19)12-22-16-14(20-2)5-4-6-15(16)21-3/h4-6,13,19H,7-12H2,1-3H3/p+2/t13-/m0/s1. The number of methoxy groups -OCH3 is 2. The van der Waals surface area contributed by atoms with Crippen LogP contribution in [0.5, 0.6) is 17.2 Å². The van der Waals surface area contributed by atoms with E-state index in [1.807, 2.05) is 18.2 Å². The summed E-state index contributed by atoms with van der Waals surface area (Å²) in [4.78, 5) is 3.00. The van der Waals surface area contributed by atoms with Gasteiger partial charge < -0.3 is 29.1 Å². The van der Waals surface area contributed by atoms with Crippen molar-refractivity contribution >= 4 is 0 Å². The predicted molar refractivity (Wildman–Crippen MR) is 83.2 cm³/mol. The Labute approximate surface area is 132 Å². The third-order valence-electron chi connectivity index (χ3n) is 4.14. The minimum absolute atomic E-state index is 0.239. The van der Waals surface area contributed by atoms with Crippen LogP contribution in [0.2, 0.25) is 0 Å². The van der Waals surface area contributed by atoms with Crippen molar-refractivity contribution in [2.45, 2.75) is 6.10 Å². The van der Waals surface area contributed by atoms with Crippen LogP contribution in [0.25, 0.3) is 0 Å². The first-order chi connectivity index (χ1) is 10.6. The van der Waals surface area contributed by atoms with Gasteiger partial charge in [0.25, 0.3) is 0 Å². The molecule has 6 nitrogen and oxygen atoms in total. The quantitative estimate of drug-likeness (QED) is 0.538. The molecule has 1 aromatic rings. The van der Waals surface area contributed by atoms with Crippen LogP contribution in [0, 0.1) is 0 Å². The molecular weight excluding hydrogens is 284 g/mol. The molecule has 124 valence electrons. The van der Waals surface area contributed by atoms with Gasteiger partial charge in [-0.2, -0.15) is 0 Å². The Hall–Kier alpha value is -1.50. The Morgan fingerprint density at radius 2 is 1.68 bits per heavy atom. The number of benzene rings is 1. The van der Waals surface area contributed by atoms with Crippen LogP contribution in [0.3, 0.4) is 0 Å². The molecule has 1 aliphatic rings. The van der Waals surface area contributed by atoms with Gasteiger partial charge in [0, 0.05) is 0 Å². The Morgan fingerprint density at radius 1 is 1.09 bits per heavy atom. The molecule has 1 fully saturated rings. The van der Waals surface area contributed by atoms with Crippen molar-refractivity contribution in [3.63, 3.8) is 0 Å². The summed E-state index contributed by atoms with van der Waals surface area (Å²) in [6.07, 6.45) is -0.497. The normalized spacial score (nSPS) is 22.9. The number of piperazine rings is 1. The fourth-order valence-electron chi connectivity index (χ4n) is 2.77. The molecule has 1 heterocycles. The van der Waals surface area contributed by atoms with Crippen molar-refractivity contribution in [3.05, 3.63) is 18.2 Å². The molecule has 0 saturated carbocycles. The van der Waals surface area contributed by atoms with E-state index in [4.69, 9.17) is 14.2 Å². The van der Waals surface area contributed by atoms with Gasteiger partial charge in [0.05, 0.1) is 21.3 Å². The van der Waals surface area contributed by atoms with Crippen LogP contribution < -0.4 is 24.0 Å². The fourth-order valence-corrected chi connectivity index (χ4v) is 2.77. The number of hydrogen-bond donors (Lipinski definition) is 3. The minimum Gasteiger partial charge on any atom is -0.493 e. The number of para-hydroxylation sites is 1. The number of hydrogen-bond acceptors (Lipinski definition) is 4. The van der Waals surface area contributed by atoms with Crippen molar-refractivity contribution in [3.8, 4) is 17.2 Å². The summed E-state index contributed by atoms with van der Waals surface area (Å²) < 4.78 is 16.3. The summed E-state index contributed by atoms with van der Waals surface area (Å²) in [5, 5.41) is 10.2. The lowest BCUT2D eigenvalue weighted by Crippen LogP contribution is -3.27. The predicted octanol–water partition coefficient (Wildman–Crippen LogP) is -2.14. The Bertz CT molecular complexity index is 439. The van der Waals surface area contributed by atoms with Gasteiger partial charge in [-0.1, -0.05) is 6.07 Å². The molecule has 0 aliphatic carbocycles. The summed E-state index contributed by atoms with van der Waals surface area (Å²) in [5.41, 5.74) is 0. The van der Waals surface area contributed by atoms with Gasteiger partial charge in [0.2, 0.25) is 5.75 Å². The van der Waals surface area contributed by atoms with Gasteiger partial charge in [-0.25, -0.2) is 0 Å². The first-order valence-electron chi connectivity index (χ1n) is 7.80. The lowest BCUT2D eigenvalue weighted by Gasteiger charge is -2.28. The molecule has 1 saturated heterocycles. The third kappa shape index (κ3) is 4.50. The second-order valence-corrected chi connectivity index (χ2v) is 5.87. The van der Waals surface area contributed by atoms with E-state index in [2.05, 4.69) is 7.05 Å². The zero-order chi connectivity index (χ0) is 15.9. The third-order valence-corrected chi connectivity index (χ3v) is 4.14. The Balaban J connectivity index is 1.87. The number of quaternary nitrogens is 2. The Kier molecular flexibility index (Phi) is 6.30. The first-order valence-corrected chi connectivity index (χ1v) is 7.80. The topological polar surface area (TPSA) is 56.8 Å². The van der Waals surface area contributed by atoms with Gasteiger partial charge in [0.15, 0.2) is 11.5 Å². The van der Waals surface area contributed by atoms with Crippen LogP contribution in [0.1, 0.15) is 0 Å². The summed E-state index contributed by atoms with van der Waals surface area (Å²) >= 11 is 0. The SMILES string of the molecule is COc1cccc(OC)c1OC[C@@H](O)C[NH+]1CC[NH+](C)CC1. The highest BCUT2D eigenvalue weighted by Gasteiger charge is 2.23. The highest BCUT2D eigenvalue weighted by molar-refractivity contribution is 5.51. The van der Waals surface area contributed by atoms with E-state index >= 15 is 0 Å². The summed E-state index contributed by atoms with van der Waals surface area (Å²) in [5.74, 6) is 1.77. The second kappa shape index (κ2) is 8.22. The van der Waals surface area contributed by atoms with E-state index in [0.717, 1.165) is 26.2 Å². The molecule has 2 rings (SSSR count). The summed E-state index contributed by atoms with van der Waals surface area (Å²) in [6.45, 7) is 5.46. The largest absolute Gasteiger partial charge is 0.493 e. The van der Waals surface area contributed by atoms with Gasteiger partial charge in [-0.3, -0.25) is 0 Å². The number of rotatable bonds is 7. The maximum atomic E-state index is 10.2. The minimum atomic E-state index is -0.497. The maximum absolute atomic E-state index is 10.2. The van der Waals surface area contributed by atoms with Crippen LogP contribution in [0.4, 0.5) is 0 Å². The van der Waals surface area contributed by atoms with Crippen LogP contribution in [-0.2, 0) is 0 Å². The molecule has 0 radical (unpaired) electrons. The fraction of sp³-hybridized carbons (Fsp3) is 0.625. The number of likely N-dealkylation sites (N-methyl/N-ethyl adjacent to an activating group) is 1. The molecular formula is C16H28N2O4+2. The number of ether oxygens (including phenoxy) is 3. The molecule has 0 spiro atoms. The van der Waals surface area contributed by atoms with Crippen LogP contribution in [-0.4, -0.2) is 71.8 Å². The van der Waals surface area contributed by atoms with Crippen molar-refractivity contribution in [2.75, 3.05) is 60.6 Å². The lowest BCUT2D eigenvalue weighted by molar-refractivity contribution is -1.00. The van der Waals surface area contributed by atoms with Crippen molar-refractivity contribution < 1.29 is 29.1 Å². The van der Waals surface area contributed by atoms with E-state index in [-0.39, 0.29) is 6.61 Å². The zero-order valence-corrected chi connectivity index (χ0v) is 13.7. The van der Waals surface area contributed by atoms with Gasteiger partial charge in [-0.05, 0) is 12.1 Å². The average molecular weight is 312 g/mol. The smallest absolute Gasteiger partial charge is 0.203 e. The molecule has 0 aromatic heterocycles. The molecule has 22 heavy (non-hydrogen) atoms. The van der Waals surface area contributed by atoms with E-state index in [1.165, 1.54) is 4.90 Å². The molecule has 1 aliphatic heterocycles. The van der Waals surface area contributed by atoms with Gasteiger partial charge in [0.1, 0.15) is 45.4 Å². The van der Waals surface area contributed by atoms with Gasteiger partial charge >= 0.3 is 0 Å². The van der Waals surface area contributed by atoms with Crippen LogP contribution >= 0.6 is 0 Å². The number of aliphatic hydroxyl groups excluding tert-OH is 1. The molecule has 0 unspecified atom stereocenters. The monoisotopic (exact) mass is 312 g/mol. The van der Waals surface area contributed by atoms with E-state index in [1.54, 1.807) is 19.1 Å². The molecule has 6 heteroatoms. The highest BCUT2D eigenvalue weighted by Crippen LogP contribution is 2.36. The summed E-state index contributed by atoms with van der Waals surface area (Å²) in [7, 11) is 5.40. The van der Waals surface area contributed by atoms with Crippen molar-refractivity contribution in [1.29, 1.82) is 0 Å². The highest BCUT2D eigenvalue weighted by atomic mass is 16.5. The van der Waals surface area contributed by atoms with E-state index in [0.29, 0.717) is 23.8 Å². The molecule has 1 aromatic carbocycles. The van der Waals surface area contributed by atoms with Crippen LogP contribution in [0.15, 0.2) is 18.2 Å². The number of aliphatic hydroxyl groups is 1. The number of nitrogens with one attached hydrogen (secondary N) is 2. The van der Waals surface area contributed by atoms with Gasteiger partial charge in [-0.15, -0.1) is 0 Å². The molecule has 0 bridgehead atoms. The van der Waals surface area contributed by atoms with Crippen molar-refractivity contribution in [2.24, 2.45) is 0 Å². The Morgan fingerprint density at radius 3 is 2.23 bits per heavy atom.